The van der Waals surface area contributed by atoms with E-state index in [4.69, 9.17) is 29.2 Å². The van der Waals surface area contributed by atoms with E-state index in [2.05, 4.69) is 43.8 Å². The van der Waals surface area contributed by atoms with E-state index in [0.29, 0.717) is 26.2 Å². The lowest BCUT2D eigenvalue weighted by molar-refractivity contribution is -0.223. The summed E-state index contributed by atoms with van der Waals surface area (Å²) in [4.78, 5) is 11.0. The molecule has 9 heteroatoms. The van der Waals surface area contributed by atoms with Gasteiger partial charge < -0.3 is 29.3 Å². The summed E-state index contributed by atoms with van der Waals surface area (Å²) >= 11 is 1.97. The van der Waals surface area contributed by atoms with Crippen LogP contribution in [0.2, 0.25) is 0 Å². The second-order valence-corrected chi connectivity index (χ2v) is 20.3. The van der Waals surface area contributed by atoms with Gasteiger partial charge in [0, 0.05) is 36.8 Å². The summed E-state index contributed by atoms with van der Waals surface area (Å²) in [6.07, 6.45) is 29.0. The molecule has 0 amide bonds. The summed E-state index contributed by atoms with van der Waals surface area (Å²) < 4.78 is 21.1. The number of oxime groups is 1. The maximum absolute atomic E-state index is 10.0. The van der Waals surface area contributed by atoms with Crippen LogP contribution in [0.15, 0.2) is 96.2 Å². The van der Waals surface area contributed by atoms with Crippen LogP contribution in [0.1, 0.15) is 170 Å². The van der Waals surface area contributed by atoms with Gasteiger partial charge in [-0.25, -0.2) is 0 Å². The zero-order valence-corrected chi connectivity index (χ0v) is 41.3. The van der Waals surface area contributed by atoms with E-state index in [9.17, 15) is 10.2 Å². The second kappa shape index (κ2) is 28.6. The molecule has 2 heterocycles. The minimum absolute atomic E-state index is 0.0146. The molecule has 6 rings (SSSR count). The first-order chi connectivity index (χ1) is 32.5. The van der Waals surface area contributed by atoms with Crippen molar-refractivity contribution in [2.24, 2.45) is 22.9 Å². The Balaban J connectivity index is 1.28. The summed E-state index contributed by atoms with van der Waals surface area (Å²) in [6, 6.07) is 22.6. The zero-order chi connectivity index (χ0) is 46.2. The van der Waals surface area contributed by atoms with Gasteiger partial charge in [-0.05, 0) is 98.1 Å². The Kier molecular flexibility index (Phi) is 22.5. The van der Waals surface area contributed by atoms with Crippen molar-refractivity contribution in [1.29, 1.82) is 0 Å². The van der Waals surface area contributed by atoms with Crippen LogP contribution in [0.4, 0.5) is 0 Å². The fourth-order valence-electron chi connectivity index (χ4n) is 10.7. The molecule has 6 atom stereocenters. The van der Waals surface area contributed by atoms with E-state index in [1.54, 1.807) is 0 Å². The third-order valence-corrected chi connectivity index (χ3v) is 15.4. The number of rotatable bonds is 33. The lowest BCUT2D eigenvalue weighted by Gasteiger charge is -2.58. The molecule has 1 aliphatic heterocycles. The van der Waals surface area contributed by atoms with Crippen LogP contribution in [0.25, 0.3) is 0 Å². The van der Waals surface area contributed by atoms with Gasteiger partial charge in [0.2, 0.25) is 5.79 Å². The number of benzene rings is 2. The molecule has 1 fully saturated rings. The molecule has 362 valence electrons. The maximum Gasteiger partial charge on any atom is 0.230 e. The van der Waals surface area contributed by atoms with Crippen molar-refractivity contribution in [3.8, 4) is 11.5 Å². The predicted octanol–water partition coefficient (Wildman–Crippen LogP) is 14.0. The average molecular weight is 923 g/mol. The number of allylic oxidation sites excluding steroid dienone is 1. The van der Waals surface area contributed by atoms with Crippen LogP contribution in [0, 0.1) is 24.7 Å². The summed E-state index contributed by atoms with van der Waals surface area (Å²) in [5, 5.41) is 24.9. The monoisotopic (exact) mass is 923 g/mol. The highest BCUT2D eigenvalue weighted by molar-refractivity contribution is 8.00. The van der Waals surface area contributed by atoms with Crippen molar-refractivity contribution >= 4 is 17.5 Å². The van der Waals surface area contributed by atoms with Gasteiger partial charge in [-0.15, -0.1) is 6.58 Å². The van der Waals surface area contributed by atoms with Crippen molar-refractivity contribution in [3.05, 3.63) is 114 Å². The fourth-order valence-corrected chi connectivity index (χ4v) is 12.1. The molecule has 0 radical (unpaired) electrons. The fraction of sp³-hybridized carbons (Fsp3) is 0.614. The first kappa shape index (κ1) is 51.8. The summed E-state index contributed by atoms with van der Waals surface area (Å²) in [7, 11) is 0. The number of pyridine rings is 1. The number of hydrogen-bond acceptors (Lipinski definition) is 9. The molecular weight excluding hydrogens is 841 g/mol. The molecule has 6 unspecified atom stereocenters. The Morgan fingerprint density at radius 2 is 1.50 bits per heavy atom. The van der Waals surface area contributed by atoms with E-state index in [1.165, 1.54) is 83.5 Å². The van der Waals surface area contributed by atoms with Crippen LogP contribution in [-0.4, -0.2) is 57.5 Å². The highest BCUT2D eigenvalue weighted by Crippen LogP contribution is 2.62. The normalized spacial score (nSPS) is 22.6. The number of fused-ring (bicyclic) bond motifs is 2. The molecule has 1 saturated carbocycles. The Bertz CT molecular complexity index is 1920. The van der Waals surface area contributed by atoms with Crippen LogP contribution in [-0.2, 0) is 22.8 Å². The maximum atomic E-state index is 10.0. The van der Waals surface area contributed by atoms with Crippen LogP contribution < -0.4 is 9.47 Å². The SMILES string of the molecule is C=CCOC12Oc3ccc(OCc4cccc(C)n4)cc3C3C(CCCCO)C(CCCCO)C=C(C(=NOCc4ccccc4)CC1SCCCCCCCCCCCCCCCC)C32. The first-order valence-electron chi connectivity index (χ1n) is 25.9. The number of aliphatic hydroxyl groups is 2. The van der Waals surface area contributed by atoms with E-state index in [0.717, 1.165) is 96.0 Å². The number of aryl methyl sites for hydroxylation is 1. The molecule has 2 aliphatic carbocycles. The smallest absolute Gasteiger partial charge is 0.230 e. The van der Waals surface area contributed by atoms with Crippen LogP contribution in [0.3, 0.4) is 0 Å². The van der Waals surface area contributed by atoms with Gasteiger partial charge in [0.25, 0.3) is 0 Å². The minimum atomic E-state index is -0.976. The number of aromatic nitrogens is 1. The van der Waals surface area contributed by atoms with Gasteiger partial charge in [0.15, 0.2) is 0 Å². The Hall–Kier alpha value is -3.63. The van der Waals surface area contributed by atoms with Crippen molar-refractivity contribution < 1.29 is 29.3 Å². The predicted molar refractivity (Wildman–Crippen MR) is 272 cm³/mol. The summed E-state index contributed by atoms with van der Waals surface area (Å²) in [6.45, 7) is 9.87. The second-order valence-electron chi connectivity index (χ2n) is 19.0. The molecular formula is C57H82N2O6S. The molecule has 1 aromatic heterocycles. The molecule has 0 bridgehead atoms. The molecule has 2 aromatic carbocycles. The highest BCUT2D eigenvalue weighted by Gasteiger charge is 2.64. The number of hydrogen-bond donors (Lipinski definition) is 2. The van der Waals surface area contributed by atoms with Gasteiger partial charge in [0.1, 0.15) is 24.7 Å². The standard InChI is InChI=1S/C57H82N2O6S/c1-4-6-7-8-9-10-11-12-13-14-15-16-17-25-38-66-54-41-52(59-64-42-45-28-19-18-20-29-45)50-39-46(30-21-23-35-60)49(32-22-24-36-61)55-51-40-48(62-43-47-31-26-27-44(3)58-47)33-34-53(51)65-57(54,56(50)55)63-37-5-2/h5,18-20,26-29,31,33-34,39-40,46,49,54-56,60-61H,2,4,6-17,21-25,30,32,35-38,41-43H2,1,3H3. The van der Waals surface area contributed by atoms with Gasteiger partial charge in [-0.3, -0.25) is 4.98 Å². The Morgan fingerprint density at radius 3 is 2.18 bits per heavy atom. The molecule has 8 nitrogen and oxygen atoms in total. The van der Waals surface area contributed by atoms with Gasteiger partial charge >= 0.3 is 0 Å². The van der Waals surface area contributed by atoms with E-state index < -0.39 is 5.79 Å². The van der Waals surface area contributed by atoms with E-state index in [1.807, 2.05) is 67.2 Å². The first-order valence-corrected chi connectivity index (χ1v) is 27.0. The number of thioether (sulfide) groups is 1. The zero-order valence-electron chi connectivity index (χ0n) is 40.5. The number of nitrogens with zero attached hydrogens (tertiary/aromatic N) is 2. The van der Waals surface area contributed by atoms with Crippen molar-refractivity contribution in [2.75, 3.05) is 25.6 Å². The molecule has 2 N–H and O–H groups in total. The summed E-state index contributed by atoms with van der Waals surface area (Å²) in [5.41, 5.74) is 6.18. The minimum Gasteiger partial charge on any atom is -0.487 e. The van der Waals surface area contributed by atoms with Crippen LogP contribution in [0.5, 0.6) is 11.5 Å². The quantitative estimate of drug-likeness (QED) is 0.0354. The van der Waals surface area contributed by atoms with Crippen molar-refractivity contribution in [3.63, 3.8) is 0 Å². The molecule has 3 aliphatic rings. The van der Waals surface area contributed by atoms with Crippen molar-refractivity contribution in [1.82, 2.24) is 4.98 Å². The highest BCUT2D eigenvalue weighted by atomic mass is 32.2. The van der Waals surface area contributed by atoms with E-state index in [-0.39, 0.29) is 42.1 Å². The van der Waals surface area contributed by atoms with Crippen LogP contribution >= 0.6 is 11.8 Å². The van der Waals surface area contributed by atoms with E-state index >= 15 is 0 Å². The Morgan fingerprint density at radius 1 is 0.803 bits per heavy atom. The average Bonchev–Trinajstić information content (AvgIpc) is 3.33. The number of unbranched alkanes of at least 4 members (excludes halogenated alkanes) is 15. The molecule has 3 aromatic rings. The van der Waals surface area contributed by atoms with Gasteiger partial charge in [0.05, 0.1) is 29.2 Å². The third kappa shape index (κ3) is 14.9. The summed E-state index contributed by atoms with van der Waals surface area (Å²) in [5.74, 6) is 1.94. The largest absolute Gasteiger partial charge is 0.487 e. The Labute approximate surface area is 402 Å². The van der Waals surface area contributed by atoms with Gasteiger partial charge in [-0.2, -0.15) is 11.8 Å². The van der Waals surface area contributed by atoms with Crippen molar-refractivity contribution in [2.45, 2.75) is 179 Å². The lowest BCUT2D eigenvalue weighted by atomic mass is 9.56. The third-order valence-electron chi connectivity index (χ3n) is 14.0. The van der Waals surface area contributed by atoms with Gasteiger partial charge in [-0.1, -0.05) is 157 Å². The topological polar surface area (TPSA) is 103 Å². The number of ether oxygens (including phenoxy) is 3. The number of aliphatic hydroxyl groups excluding tert-OH is 2. The molecule has 0 spiro atoms. The lowest BCUT2D eigenvalue weighted by Crippen LogP contribution is -2.64. The molecule has 0 saturated heterocycles. The molecule has 66 heavy (non-hydrogen) atoms.